The van der Waals surface area contributed by atoms with E-state index in [1.165, 1.54) is 6.07 Å². The summed E-state index contributed by atoms with van der Waals surface area (Å²) in [5.74, 6) is -1.62. The van der Waals surface area contributed by atoms with E-state index >= 15 is 0 Å². The molecule has 0 amide bonds. The number of aliphatic carboxylic acids is 1. The minimum Gasteiger partial charge on any atom is -0.481 e. The van der Waals surface area contributed by atoms with Crippen LogP contribution in [0.15, 0.2) is 16.6 Å². The number of carboxylic acids is 1. The molecule has 6 nitrogen and oxygen atoms in total. The molecule has 1 saturated heterocycles. The van der Waals surface area contributed by atoms with E-state index < -0.39 is 16.7 Å². The zero-order valence-electron chi connectivity index (χ0n) is 11.1. The second kappa shape index (κ2) is 6.38. The van der Waals surface area contributed by atoms with Crippen LogP contribution < -0.4 is 4.90 Å². The maximum atomic E-state index is 13.5. The standard InChI is InChI=1S/C13H14BrFN2O4/c14-9-5-11(12(17(20)21)6-10(9)15)16-3-1-2-8(7-16)4-13(18)19/h5-6,8H,1-4,7H2,(H,18,19). The number of nitro groups is 1. The summed E-state index contributed by atoms with van der Waals surface area (Å²) >= 11 is 3.03. The average Bonchev–Trinajstić information content (AvgIpc) is 2.40. The normalized spacial score (nSPS) is 18.6. The first-order chi connectivity index (χ1) is 9.88. The lowest BCUT2D eigenvalue weighted by molar-refractivity contribution is -0.384. The highest BCUT2D eigenvalue weighted by Gasteiger charge is 2.28. The molecule has 1 N–H and O–H groups in total. The Bertz CT molecular complexity index is 582. The number of anilines is 1. The zero-order valence-corrected chi connectivity index (χ0v) is 12.7. The van der Waals surface area contributed by atoms with Crippen molar-refractivity contribution in [2.75, 3.05) is 18.0 Å². The number of nitrogens with zero attached hydrogens (tertiary/aromatic N) is 2. The molecule has 0 aliphatic carbocycles. The molecule has 1 fully saturated rings. The van der Waals surface area contributed by atoms with Crippen LogP contribution in [-0.2, 0) is 4.79 Å². The van der Waals surface area contributed by atoms with Gasteiger partial charge in [0.15, 0.2) is 0 Å². The molecule has 1 aliphatic rings. The summed E-state index contributed by atoms with van der Waals surface area (Å²) < 4.78 is 13.6. The molecule has 114 valence electrons. The SMILES string of the molecule is O=C(O)CC1CCCN(c2cc(Br)c(F)cc2[N+](=O)[O-])C1. The highest BCUT2D eigenvalue weighted by Crippen LogP contribution is 2.36. The van der Waals surface area contributed by atoms with E-state index in [9.17, 15) is 19.3 Å². The minimum absolute atomic E-state index is 0.0344. The average molecular weight is 361 g/mol. The molecule has 1 aliphatic heterocycles. The highest BCUT2D eigenvalue weighted by molar-refractivity contribution is 9.10. The van der Waals surface area contributed by atoms with E-state index in [0.717, 1.165) is 18.9 Å². The Labute approximate surface area is 128 Å². The Morgan fingerprint density at radius 1 is 1.57 bits per heavy atom. The number of piperidine rings is 1. The van der Waals surface area contributed by atoms with Gasteiger partial charge in [-0.2, -0.15) is 0 Å². The minimum atomic E-state index is -0.878. The number of hydrogen-bond acceptors (Lipinski definition) is 4. The first-order valence-corrected chi connectivity index (χ1v) is 7.28. The lowest BCUT2D eigenvalue weighted by Gasteiger charge is -2.33. The van der Waals surface area contributed by atoms with Crippen LogP contribution in [0.2, 0.25) is 0 Å². The van der Waals surface area contributed by atoms with Gasteiger partial charge in [-0.3, -0.25) is 14.9 Å². The van der Waals surface area contributed by atoms with Crippen molar-refractivity contribution in [3.63, 3.8) is 0 Å². The molecule has 1 aromatic carbocycles. The van der Waals surface area contributed by atoms with Crippen LogP contribution in [0, 0.1) is 21.8 Å². The smallest absolute Gasteiger partial charge is 0.303 e. The first-order valence-electron chi connectivity index (χ1n) is 6.48. The molecule has 0 radical (unpaired) electrons. The van der Waals surface area contributed by atoms with Crippen molar-refractivity contribution in [3.8, 4) is 0 Å². The van der Waals surface area contributed by atoms with E-state index in [4.69, 9.17) is 5.11 Å². The summed E-state index contributed by atoms with van der Waals surface area (Å²) in [7, 11) is 0. The third-order valence-corrected chi connectivity index (χ3v) is 4.14. The number of carbonyl (C=O) groups is 1. The van der Waals surface area contributed by atoms with Gasteiger partial charge in [-0.1, -0.05) is 0 Å². The maximum absolute atomic E-state index is 13.5. The second-order valence-corrected chi connectivity index (χ2v) is 5.92. The molecule has 1 atom stereocenters. The molecule has 1 heterocycles. The van der Waals surface area contributed by atoms with E-state index in [2.05, 4.69) is 15.9 Å². The lowest BCUT2D eigenvalue weighted by Crippen LogP contribution is -2.36. The van der Waals surface area contributed by atoms with Crippen molar-refractivity contribution in [1.82, 2.24) is 0 Å². The summed E-state index contributed by atoms with van der Waals surface area (Å²) in [5, 5.41) is 20.0. The van der Waals surface area contributed by atoms with E-state index in [1.807, 2.05) is 0 Å². The van der Waals surface area contributed by atoms with Crippen molar-refractivity contribution in [2.24, 2.45) is 5.92 Å². The number of nitro benzene ring substituents is 1. The van der Waals surface area contributed by atoms with Gasteiger partial charge >= 0.3 is 5.97 Å². The largest absolute Gasteiger partial charge is 0.481 e. The molecule has 0 saturated carbocycles. The number of rotatable bonds is 4. The third-order valence-electron chi connectivity index (χ3n) is 3.54. The van der Waals surface area contributed by atoms with Crippen LogP contribution in [0.4, 0.5) is 15.8 Å². The summed E-state index contributed by atoms with van der Waals surface area (Å²) in [6.45, 7) is 1.01. The fourth-order valence-corrected chi connectivity index (χ4v) is 2.95. The van der Waals surface area contributed by atoms with Crippen LogP contribution in [0.1, 0.15) is 19.3 Å². The number of benzene rings is 1. The molecule has 0 bridgehead atoms. The van der Waals surface area contributed by atoms with Crippen molar-refractivity contribution < 1.29 is 19.2 Å². The van der Waals surface area contributed by atoms with Crippen LogP contribution in [0.25, 0.3) is 0 Å². The monoisotopic (exact) mass is 360 g/mol. The molecule has 0 aromatic heterocycles. The Morgan fingerprint density at radius 3 is 2.90 bits per heavy atom. The van der Waals surface area contributed by atoms with Crippen molar-refractivity contribution in [3.05, 3.63) is 32.5 Å². The maximum Gasteiger partial charge on any atom is 0.303 e. The zero-order chi connectivity index (χ0) is 15.6. The predicted molar refractivity (Wildman–Crippen MR) is 77.9 cm³/mol. The molecular formula is C13H14BrFN2O4. The van der Waals surface area contributed by atoms with Gasteiger partial charge in [0.05, 0.1) is 15.5 Å². The second-order valence-electron chi connectivity index (χ2n) is 5.06. The molecule has 2 rings (SSSR count). The van der Waals surface area contributed by atoms with E-state index in [1.54, 1.807) is 4.90 Å². The fraction of sp³-hybridized carbons (Fsp3) is 0.462. The fourth-order valence-electron chi connectivity index (χ4n) is 2.62. The summed E-state index contributed by atoms with van der Waals surface area (Å²) in [4.78, 5) is 23.0. The van der Waals surface area contributed by atoms with E-state index in [-0.39, 0.29) is 22.5 Å². The van der Waals surface area contributed by atoms with Crippen molar-refractivity contribution in [1.29, 1.82) is 0 Å². The Morgan fingerprint density at radius 2 is 2.29 bits per heavy atom. The summed E-state index contributed by atoms with van der Waals surface area (Å²) in [5.41, 5.74) is 0.0232. The number of hydrogen-bond donors (Lipinski definition) is 1. The van der Waals surface area contributed by atoms with Gasteiger partial charge in [0, 0.05) is 19.5 Å². The molecule has 1 aromatic rings. The van der Waals surface area contributed by atoms with Gasteiger partial charge < -0.3 is 10.0 Å². The van der Waals surface area contributed by atoms with Gasteiger partial charge in [-0.15, -0.1) is 0 Å². The van der Waals surface area contributed by atoms with Crippen molar-refractivity contribution in [2.45, 2.75) is 19.3 Å². The molecule has 0 spiro atoms. The quantitative estimate of drug-likeness (QED) is 0.658. The first kappa shape index (κ1) is 15.7. The number of carboxylic acid groups (broad SMARTS) is 1. The highest BCUT2D eigenvalue weighted by atomic mass is 79.9. The predicted octanol–water partition coefficient (Wildman–Crippen LogP) is 3.19. The molecule has 21 heavy (non-hydrogen) atoms. The molecular weight excluding hydrogens is 347 g/mol. The molecule has 1 unspecified atom stereocenters. The van der Waals surface area contributed by atoms with Crippen LogP contribution in [0.5, 0.6) is 0 Å². The third kappa shape index (κ3) is 3.69. The Balaban J connectivity index is 2.30. The van der Waals surface area contributed by atoms with Gasteiger partial charge in [0.25, 0.3) is 5.69 Å². The van der Waals surface area contributed by atoms with E-state index in [0.29, 0.717) is 18.8 Å². The van der Waals surface area contributed by atoms with Gasteiger partial charge in [0.2, 0.25) is 0 Å². The van der Waals surface area contributed by atoms with Gasteiger partial charge in [0.1, 0.15) is 11.5 Å². The topological polar surface area (TPSA) is 83.7 Å². The number of halogens is 2. The summed E-state index contributed by atoms with van der Waals surface area (Å²) in [6.07, 6.45) is 1.57. The van der Waals surface area contributed by atoms with Gasteiger partial charge in [-0.25, -0.2) is 4.39 Å². The molecule has 8 heteroatoms. The lowest BCUT2D eigenvalue weighted by atomic mass is 9.94. The van der Waals surface area contributed by atoms with Crippen LogP contribution in [-0.4, -0.2) is 29.1 Å². The summed E-state index contributed by atoms with van der Waals surface area (Å²) in [6, 6.07) is 2.27. The van der Waals surface area contributed by atoms with Gasteiger partial charge in [-0.05, 0) is 40.8 Å². The Kier molecular flexibility index (Phi) is 4.76. The van der Waals surface area contributed by atoms with Crippen LogP contribution >= 0.6 is 15.9 Å². The van der Waals surface area contributed by atoms with Crippen molar-refractivity contribution >= 4 is 33.3 Å². The van der Waals surface area contributed by atoms with Crippen LogP contribution in [0.3, 0.4) is 0 Å². The Hall–Kier alpha value is -1.70.